The molecule has 0 bridgehead atoms. The molecule has 1 fully saturated rings. The van der Waals surface area contributed by atoms with Gasteiger partial charge in [0.15, 0.2) is 0 Å². The van der Waals surface area contributed by atoms with Crippen LogP contribution in [0.25, 0.3) is 0 Å². The third-order valence-electron chi connectivity index (χ3n) is 1.98. The van der Waals surface area contributed by atoms with E-state index in [1.165, 1.54) is 0 Å². The van der Waals surface area contributed by atoms with E-state index in [0.717, 1.165) is 6.42 Å². The molecular formula is C8H17NO. The van der Waals surface area contributed by atoms with Crippen LogP contribution in [0.4, 0.5) is 0 Å². The lowest BCUT2D eigenvalue weighted by atomic mass is 10.1. The lowest BCUT2D eigenvalue weighted by Gasteiger charge is -2.17. The lowest BCUT2D eigenvalue weighted by Crippen LogP contribution is -2.37. The van der Waals surface area contributed by atoms with Crippen LogP contribution < -0.4 is 5.32 Å². The van der Waals surface area contributed by atoms with Crippen molar-refractivity contribution in [1.29, 1.82) is 0 Å². The molecule has 1 saturated heterocycles. The molecule has 10 heavy (non-hydrogen) atoms. The SMILES string of the molecule is CCC1OC(C)(C)NC1C. The maximum absolute atomic E-state index is 5.70. The first kappa shape index (κ1) is 8.02. The fourth-order valence-electron chi connectivity index (χ4n) is 1.59. The van der Waals surface area contributed by atoms with Gasteiger partial charge in [-0.15, -0.1) is 0 Å². The topological polar surface area (TPSA) is 21.3 Å². The fraction of sp³-hybridized carbons (Fsp3) is 1.00. The van der Waals surface area contributed by atoms with Gasteiger partial charge in [-0.2, -0.15) is 0 Å². The van der Waals surface area contributed by atoms with Crippen molar-refractivity contribution >= 4 is 0 Å². The van der Waals surface area contributed by atoms with E-state index in [0.29, 0.717) is 12.1 Å². The minimum absolute atomic E-state index is 0.111. The van der Waals surface area contributed by atoms with Gasteiger partial charge in [0, 0.05) is 6.04 Å². The predicted molar refractivity (Wildman–Crippen MR) is 41.8 cm³/mol. The van der Waals surface area contributed by atoms with E-state index < -0.39 is 0 Å². The molecule has 60 valence electrons. The van der Waals surface area contributed by atoms with Crippen LogP contribution in [0.3, 0.4) is 0 Å². The van der Waals surface area contributed by atoms with Crippen molar-refractivity contribution in [3.05, 3.63) is 0 Å². The average Bonchev–Trinajstić information content (AvgIpc) is 2.05. The van der Waals surface area contributed by atoms with Crippen LogP contribution in [0.15, 0.2) is 0 Å². The molecule has 1 N–H and O–H groups in total. The Labute approximate surface area is 63.0 Å². The maximum Gasteiger partial charge on any atom is 0.114 e. The molecule has 1 aliphatic rings. The molecule has 0 aliphatic carbocycles. The number of ether oxygens (including phenoxy) is 1. The van der Waals surface area contributed by atoms with E-state index in [-0.39, 0.29) is 5.72 Å². The zero-order valence-corrected chi connectivity index (χ0v) is 7.27. The van der Waals surface area contributed by atoms with Crippen molar-refractivity contribution in [3.63, 3.8) is 0 Å². The minimum Gasteiger partial charge on any atom is -0.356 e. The van der Waals surface area contributed by atoms with E-state index in [1.54, 1.807) is 0 Å². The molecule has 2 nitrogen and oxygen atoms in total. The highest BCUT2D eigenvalue weighted by atomic mass is 16.5. The van der Waals surface area contributed by atoms with Gasteiger partial charge in [0.1, 0.15) is 5.72 Å². The highest BCUT2D eigenvalue weighted by molar-refractivity contribution is 4.86. The fourth-order valence-corrected chi connectivity index (χ4v) is 1.59. The van der Waals surface area contributed by atoms with Gasteiger partial charge >= 0.3 is 0 Å². The van der Waals surface area contributed by atoms with Crippen LogP contribution in [0.1, 0.15) is 34.1 Å². The second kappa shape index (κ2) is 2.51. The monoisotopic (exact) mass is 143 g/mol. The highest BCUT2D eigenvalue weighted by Crippen LogP contribution is 2.22. The van der Waals surface area contributed by atoms with Crippen molar-refractivity contribution in [3.8, 4) is 0 Å². The molecule has 0 aromatic heterocycles. The summed E-state index contributed by atoms with van der Waals surface area (Å²) in [5, 5.41) is 3.37. The Morgan fingerprint density at radius 3 is 2.30 bits per heavy atom. The van der Waals surface area contributed by atoms with Crippen LogP contribution in [-0.4, -0.2) is 17.9 Å². The zero-order valence-electron chi connectivity index (χ0n) is 7.27. The van der Waals surface area contributed by atoms with Gasteiger partial charge in [-0.1, -0.05) is 6.92 Å². The van der Waals surface area contributed by atoms with Crippen molar-refractivity contribution in [1.82, 2.24) is 5.32 Å². The van der Waals surface area contributed by atoms with Gasteiger partial charge in [0.25, 0.3) is 0 Å². The molecule has 2 atom stereocenters. The van der Waals surface area contributed by atoms with E-state index in [2.05, 4.69) is 33.0 Å². The molecule has 1 aliphatic heterocycles. The van der Waals surface area contributed by atoms with Crippen molar-refractivity contribution < 1.29 is 4.74 Å². The Bertz CT molecular complexity index is 122. The third kappa shape index (κ3) is 1.50. The van der Waals surface area contributed by atoms with Gasteiger partial charge < -0.3 is 4.74 Å². The maximum atomic E-state index is 5.70. The van der Waals surface area contributed by atoms with E-state index in [1.807, 2.05) is 0 Å². The van der Waals surface area contributed by atoms with Crippen LogP contribution >= 0.6 is 0 Å². The number of hydrogen-bond acceptors (Lipinski definition) is 2. The summed E-state index contributed by atoms with van der Waals surface area (Å²) in [6.45, 7) is 8.46. The molecule has 0 amide bonds. The second-order valence-corrected chi connectivity index (χ2v) is 3.51. The third-order valence-corrected chi connectivity index (χ3v) is 1.98. The first-order chi connectivity index (χ1) is 4.55. The van der Waals surface area contributed by atoms with E-state index >= 15 is 0 Å². The summed E-state index contributed by atoms with van der Waals surface area (Å²) in [5.74, 6) is 0. The Kier molecular flexibility index (Phi) is 2.02. The molecular weight excluding hydrogens is 126 g/mol. The average molecular weight is 143 g/mol. The summed E-state index contributed by atoms with van der Waals surface area (Å²) in [6.07, 6.45) is 1.49. The van der Waals surface area contributed by atoms with Gasteiger partial charge in [0.05, 0.1) is 6.10 Å². The summed E-state index contributed by atoms with van der Waals surface area (Å²) < 4.78 is 5.70. The molecule has 2 unspecified atom stereocenters. The molecule has 0 aromatic carbocycles. The summed E-state index contributed by atoms with van der Waals surface area (Å²) >= 11 is 0. The number of nitrogens with one attached hydrogen (secondary N) is 1. The predicted octanol–water partition coefficient (Wildman–Crippen LogP) is 1.51. The first-order valence-corrected chi connectivity index (χ1v) is 4.00. The Hall–Kier alpha value is -0.0800. The Morgan fingerprint density at radius 1 is 1.50 bits per heavy atom. The van der Waals surface area contributed by atoms with Crippen molar-refractivity contribution in [2.24, 2.45) is 0 Å². The normalized spacial score (nSPS) is 38.4. The molecule has 0 radical (unpaired) electrons. The summed E-state index contributed by atoms with van der Waals surface area (Å²) in [5.41, 5.74) is -0.111. The van der Waals surface area contributed by atoms with Crippen LogP contribution in [0.5, 0.6) is 0 Å². The summed E-state index contributed by atoms with van der Waals surface area (Å²) in [4.78, 5) is 0. The van der Waals surface area contributed by atoms with Crippen LogP contribution in [-0.2, 0) is 4.74 Å². The molecule has 2 heteroatoms. The first-order valence-electron chi connectivity index (χ1n) is 4.00. The largest absolute Gasteiger partial charge is 0.356 e. The molecule has 0 spiro atoms. The Morgan fingerprint density at radius 2 is 2.10 bits per heavy atom. The van der Waals surface area contributed by atoms with Crippen molar-refractivity contribution in [2.45, 2.75) is 52.0 Å². The van der Waals surface area contributed by atoms with Gasteiger partial charge in [-0.05, 0) is 27.2 Å². The van der Waals surface area contributed by atoms with Crippen LogP contribution in [0, 0.1) is 0 Å². The van der Waals surface area contributed by atoms with Gasteiger partial charge in [-0.3, -0.25) is 5.32 Å². The number of rotatable bonds is 1. The van der Waals surface area contributed by atoms with E-state index in [4.69, 9.17) is 4.74 Å². The molecule has 0 aromatic rings. The summed E-state index contributed by atoms with van der Waals surface area (Å²) in [7, 11) is 0. The van der Waals surface area contributed by atoms with Crippen LogP contribution in [0.2, 0.25) is 0 Å². The van der Waals surface area contributed by atoms with Gasteiger partial charge in [0.2, 0.25) is 0 Å². The number of hydrogen-bond donors (Lipinski definition) is 1. The smallest absolute Gasteiger partial charge is 0.114 e. The van der Waals surface area contributed by atoms with Crippen molar-refractivity contribution in [2.75, 3.05) is 0 Å². The minimum atomic E-state index is -0.111. The molecule has 0 saturated carbocycles. The standard InChI is InChI=1S/C8H17NO/c1-5-7-6(2)9-8(3,4)10-7/h6-7,9H,5H2,1-4H3. The Balaban J connectivity index is 2.52. The zero-order chi connectivity index (χ0) is 7.78. The lowest BCUT2D eigenvalue weighted by molar-refractivity contribution is -0.0256. The molecule has 1 heterocycles. The highest BCUT2D eigenvalue weighted by Gasteiger charge is 2.35. The summed E-state index contributed by atoms with van der Waals surface area (Å²) in [6, 6.07) is 0.500. The van der Waals surface area contributed by atoms with E-state index in [9.17, 15) is 0 Å². The quantitative estimate of drug-likeness (QED) is 0.600. The second-order valence-electron chi connectivity index (χ2n) is 3.51. The van der Waals surface area contributed by atoms with Gasteiger partial charge in [-0.25, -0.2) is 0 Å². The molecule has 1 rings (SSSR count).